The Hall–Kier alpha value is -3.41. The van der Waals surface area contributed by atoms with Crippen LogP contribution in [-0.4, -0.2) is 37.2 Å². The number of hydrogen-bond acceptors (Lipinski definition) is 6. The summed E-state index contributed by atoms with van der Waals surface area (Å²) in [6.45, 7) is 6.43. The SMILES string of the molecule is CC/C=C\C/C=C\C/C=C\CCCCCCCCCC(=O)OC(COC(=O)CCCCCCC/C=C\C/C=C\C/C=C\CC)COC(=O)CCCCCCCCCCCCCCCCC/C=C\CCCCCCCCCC. The topological polar surface area (TPSA) is 78.9 Å². The molecule has 6 heteroatoms. The van der Waals surface area contributed by atoms with Crippen molar-refractivity contribution in [3.63, 3.8) is 0 Å². The predicted octanol–water partition coefficient (Wildman–Crippen LogP) is 22.7. The zero-order chi connectivity index (χ0) is 55.7. The van der Waals surface area contributed by atoms with Gasteiger partial charge >= 0.3 is 17.9 Å². The second kappa shape index (κ2) is 65.1. The zero-order valence-corrected chi connectivity index (χ0v) is 51.0. The van der Waals surface area contributed by atoms with Crippen molar-refractivity contribution in [3.8, 4) is 0 Å². The van der Waals surface area contributed by atoms with Crippen LogP contribution in [-0.2, 0) is 28.6 Å². The minimum Gasteiger partial charge on any atom is -0.462 e. The number of ether oxygens (including phenoxy) is 3. The standard InChI is InChI=1S/C71H124O6/c1-4-7-10-13-16-19-22-25-28-30-31-32-33-34-35-36-37-38-39-41-43-46-49-52-55-58-61-64-70(73)76-67-68(66-75-69(72)63-60-57-54-51-48-45-42-27-24-21-18-15-12-9-6-3)77-71(74)65-62-59-56-53-50-47-44-40-29-26-23-20-17-14-11-8-5-2/h8-9,11-12,17-18,20-21,26-27,29-31,42,68H,4-7,10,13-16,19,22-25,28,32-41,43-67H2,1-3H3/b11-8-,12-9-,20-17-,21-18-,29-26-,31-30-,42-27-. The average Bonchev–Trinajstić information content (AvgIpc) is 3.43. The van der Waals surface area contributed by atoms with Crippen LogP contribution in [0.3, 0.4) is 0 Å². The highest BCUT2D eigenvalue weighted by Gasteiger charge is 2.19. The molecule has 0 aromatic carbocycles. The molecule has 0 aliphatic carbocycles. The first-order valence-corrected chi connectivity index (χ1v) is 33.1. The highest BCUT2D eigenvalue weighted by Crippen LogP contribution is 2.17. The van der Waals surface area contributed by atoms with Crippen molar-refractivity contribution in [1.29, 1.82) is 0 Å². The van der Waals surface area contributed by atoms with Crippen molar-refractivity contribution in [2.75, 3.05) is 13.2 Å². The Morgan fingerprint density at radius 1 is 0.273 bits per heavy atom. The maximum absolute atomic E-state index is 12.9. The zero-order valence-electron chi connectivity index (χ0n) is 51.0. The lowest BCUT2D eigenvalue weighted by Gasteiger charge is -2.18. The maximum Gasteiger partial charge on any atom is 0.306 e. The van der Waals surface area contributed by atoms with E-state index in [1.807, 2.05) is 0 Å². The van der Waals surface area contributed by atoms with E-state index in [0.717, 1.165) is 122 Å². The van der Waals surface area contributed by atoms with Crippen molar-refractivity contribution in [2.45, 2.75) is 335 Å². The molecule has 0 aliphatic rings. The van der Waals surface area contributed by atoms with Gasteiger partial charge in [-0.1, -0.05) is 286 Å². The molecule has 444 valence electrons. The number of allylic oxidation sites excluding steroid dienone is 14. The second-order valence-electron chi connectivity index (χ2n) is 22.0. The van der Waals surface area contributed by atoms with Crippen LogP contribution in [0.4, 0.5) is 0 Å². The molecule has 0 spiro atoms. The van der Waals surface area contributed by atoms with Gasteiger partial charge in [-0.3, -0.25) is 14.4 Å². The van der Waals surface area contributed by atoms with E-state index >= 15 is 0 Å². The van der Waals surface area contributed by atoms with Crippen molar-refractivity contribution in [2.24, 2.45) is 0 Å². The minimum absolute atomic E-state index is 0.0846. The van der Waals surface area contributed by atoms with E-state index in [1.165, 1.54) is 167 Å². The quantitative estimate of drug-likeness (QED) is 0.0261. The molecule has 0 heterocycles. The Bertz CT molecular complexity index is 1470. The molecule has 0 aliphatic heterocycles. The van der Waals surface area contributed by atoms with Crippen molar-refractivity contribution < 1.29 is 28.6 Å². The average molecular weight is 1070 g/mol. The number of carbonyl (C=O) groups excluding carboxylic acids is 3. The lowest BCUT2D eigenvalue weighted by atomic mass is 10.0. The summed E-state index contributed by atoms with van der Waals surface area (Å²) >= 11 is 0. The van der Waals surface area contributed by atoms with Crippen LogP contribution < -0.4 is 0 Å². The van der Waals surface area contributed by atoms with E-state index in [1.54, 1.807) is 0 Å². The van der Waals surface area contributed by atoms with Gasteiger partial charge in [-0.05, 0) is 109 Å². The molecule has 0 fully saturated rings. The van der Waals surface area contributed by atoms with Gasteiger partial charge in [0, 0.05) is 19.3 Å². The number of unbranched alkanes of at least 4 members (excludes halogenated alkanes) is 35. The molecule has 77 heavy (non-hydrogen) atoms. The minimum atomic E-state index is -0.790. The Labute approximate surface area is 477 Å². The van der Waals surface area contributed by atoms with Crippen LogP contribution in [0.15, 0.2) is 85.1 Å². The Kier molecular flexibility index (Phi) is 62.2. The number of hydrogen-bond donors (Lipinski definition) is 0. The number of carbonyl (C=O) groups is 3. The van der Waals surface area contributed by atoms with Crippen LogP contribution in [0.2, 0.25) is 0 Å². The number of esters is 3. The van der Waals surface area contributed by atoms with Gasteiger partial charge in [0.1, 0.15) is 13.2 Å². The molecule has 0 aromatic heterocycles. The van der Waals surface area contributed by atoms with Gasteiger partial charge in [0.2, 0.25) is 0 Å². The first-order chi connectivity index (χ1) is 38.0. The van der Waals surface area contributed by atoms with E-state index < -0.39 is 6.10 Å². The van der Waals surface area contributed by atoms with Crippen LogP contribution in [0.1, 0.15) is 329 Å². The molecule has 0 saturated carbocycles. The first-order valence-electron chi connectivity index (χ1n) is 33.1. The summed E-state index contributed by atoms with van der Waals surface area (Å²) in [5.41, 5.74) is 0. The highest BCUT2D eigenvalue weighted by atomic mass is 16.6. The molecular formula is C71H124O6. The van der Waals surface area contributed by atoms with Gasteiger partial charge in [-0.15, -0.1) is 0 Å². The first kappa shape index (κ1) is 73.6. The van der Waals surface area contributed by atoms with E-state index in [2.05, 4.69) is 106 Å². The second-order valence-corrected chi connectivity index (χ2v) is 22.0. The molecule has 0 amide bonds. The van der Waals surface area contributed by atoms with E-state index in [4.69, 9.17) is 14.2 Å². The molecule has 1 atom stereocenters. The summed E-state index contributed by atoms with van der Waals surface area (Å²) in [4.78, 5) is 38.3. The molecule has 6 nitrogen and oxygen atoms in total. The third kappa shape index (κ3) is 63.3. The summed E-state index contributed by atoms with van der Waals surface area (Å²) in [7, 11) is 0. The molecule has 1 unspecified atom stereocenters. The summed E-state index contributed by atoms with van der Waals surface area (Å²) in [5, 5.41) is 0. The van der Waals surface area contributed by atoms with Gasteiger partial charge < -0.3 is 14.2 Å². The molecule has 0 aromatic rings. The van der Waals surface area contributed by atoms with Crippen molar-refractivity contribution >= 4 is 17.9 Å². The smallest absolute Gasteiger partial charge is 0.306 e. The molecule has 0 N–H and O–H groups in total. The Morgan fingerprint density at radius 2 is 0.506 bits per heavy atom. The van der Waals surface area contributed by atoms with Gasteiger partial charge in [0.05, 0.1) is 0 Å². The third-order valence-electron chi connectivity index (χ3n) is 14.4. The van der Waals surface area contributed by atoms with Crippen molar-refractivity contribution in [3.05, 3.63) is 85.1 Å². The highest BCUT2D eigenvalue weighted by molar-refractivity contribution is 5.71. The lowest BCUT2D eigenvalue weighted by Crippen LogP contribution is -2.30. The molecule has 0 radical (unpaired) electrons. The fourth-order valence-corrected chi connectivity index (χ4v) is 9.47. The molecular weight excluding hydrogens is 949 g/mol. The van der Waals surface area contributed by atoms with Gasteiger partial charge in [-0.25, -0.2) is 0 Å². The van der Waals surface area contributed by atoms with E-state index in [-0.39, 0.29) is 31.1 Å². The van der Waals surface area contributed by atoms with Gasteiger partial charge in [0.25, 0.3) is 0 Å². The van der Waals surface area contributed by atoms with Gasteiger partial charge in [-0.2, -0.15) is 0 Å². The van der Waals surface area contributed by atoms with Crippen LogP contribution in [0, 0.1) is 0 Å². The fraction of sp³-hybridized carbons (Fsp3) is 0.761. The van der Waals surface area contributed by atoms with Crippen LogP contribution >= 0.6 is 0 Å². The fourth-order valence-electron chi connectivity index (χ4n) is 9.47. The largest absolute Gasteiger partial charge is 0.462 e. The maximum atomic E-state index is 12.9. The predicted molar refractivity (Wildman–Crippen MR) is 334 cm³/mol. The van der Waals surface area contributed by atoms with Crippen LogP contribution in [0.25, 0.3) is 0 Å². The third-order valence-corrected chi connectivity index (χ3v) is 14.4. The normalized spacial score (nSPS) is 12.6. The summed E-state index contributed by atoms with van der Waals surface area (Å²) < 4.78 is 16.9. The summed E-state index contributed by atoms with van der Waals surface area (Å²) in [6.07, 6.45) is 86.0. The molecule has 0 bridgehead atoms. The van der Waals surface area contributed by atoms with E-state index in [9.17, 15) is 14.4 Å². The van der Waals surface area contributed by atoms with E-state index in [0.29, 0.717) is 19.3 Å². The lowest BCUT2D eigenvalue weighted by molar-refractivity contribution is -0.167. The van der Waals surface area contributed by atoms with Gasteiger partial charge in [0.15, 0.2) is 6.10 Å². The molecule has 0 rings (SSSR count). The number of rotatable bonds is 60. The molecule has 0 saturated heterocycles. The summed E-state index contributed by atoms with van der Waals surface area (Å²) in [6, 6.07) is 0. The monoisotopic (exact) mass is 1070 g/mol. The Balaban J connectivity index is 4.28. The van der Waals surface area contributed by atoms with Crippen LogP contribution in [0.5, 0.6) is 0 Å². The summed E-state index contributed by atoms with van der Waals surface area (Å²) in [5.74, 6) is -0.899. The Morgan fingerprint density at radius 3 is 0.805 bits per heavy atom. The van der Waals surface area contributed by atoms with Crippen molar-refractivity contribution in [1.82, 2.24) is 0 Å².